The average molecular weight is 413 g/mol. The van der Waals surface area contributed by atoms with E-state index in [0.29, 0.717) is 10.0 Å². The number of carbonyl (C=O) groups is 1. The molecule has 21 heavy (non-hydrogen) atoms. The highest BCUT2D eigenvalue weighted by Crippen LogP contribution is 2.25. The fourth-order valence-electron chi connectivity index (χ4n) is 2.00. The van der Waals surface area contributed by atoms with Crippen molar-refractivity contribution >= 4 is 37.8 Å². The van der Waals surface area contributed by atoms with Crippen molar-refractivity contribution in [1.29, 1.82) is 0 Å². The number of hydrogen-bond acceptors (Lipinski definition) is 2. The maximum Gasteiger partial charge on any atom is 0.253 e. The highest BCUT2D eigenvalue weighted by Gasteiger charge is 2.28. The number of rotatable bonds is 4. The smallest absolute Gasteiger partial charge is 0.253 e. The molecule has 1 amide bonds. The van der Waals surface area contributed by atoms with Crippen molar-refractivity contribution in [2.45, 2.75) is 12.5 Å². The van der Waals surface area contributed by atoms with E-state index in [1.165, 1.54) is 0 Å². The van der Waals surface area contributed by atoms with Gasteiger partial charge < -0.3 is 10.4 Å². The molecular weight excluding hydrogens is 398 g/mol. The largest absolute Gasteiger partial charge is 0.394 e. The van der Waals surface area contributed by atoms with E-state index in [0.717, 1.165) is 10.0 Å². The molecule has 3 nitrogen and oxygen atoms in total. The van der Waals surface area contributed by atoms with Gasteiger partial charge in [0.25, 0.3) is 5.91 Å². The molecule has 0 saturated heterocycles. The van der Waals surface area contributed by atoms with Gasteiger partial charge in [0.2, 0.25) is 0 Å². The number of amides is 1. The highest BCUT2D eigenvalue weighted by molar-refractivity contribution is 9.11. The van der Waals surface area contributed by atoms with Crippen LogP contribution in [0.15, 0.2) is 57.5 Å². The Bertz CT molecular complexity index is 646. The third-order valence-corrected chi connectivity index (χ3v) is 4.44. The number of hydrogen-bond donors (Lipinski definition) is 2. The van der Waals surface area contributed by atoms with E-state index in [2.05, 4.69) is 37.2 Å². The predicted molar refractivity (Wildman–Crippen MR) is 90.2 cm³/mol. The number of aliphatic hydroxyl groups excluding tert-OH is 1. The molecule has 2 aromatic carbocycles. The average Bonchev–Trinajstić information content (AvgIpc) is 2.47. The molecule has 0 fully saturated rings. The van der Waals surface area contributed by atoms with Crippen molar-refractivity contribution in [3.05, 3.63) is 68.6 Å². The van der Waals surface area contributed by atoms with Gasteiger partial charge in [0.1, 0.15) is 0 Å². The molecule has 0 aliphatic rings. The summed E-state index contributed by atoms with van der Waals surface area (Å²) in [6.45, 7) is 1.61. The molecule has 0 aromatic heterocycles. The number of aliphatic hydroxyl groups is 1. The fourth-order valence-corrected chi connectivity index (χ4v) is 3.23. The second kappa shape index (κ2) is 6.73. The van der Waals surface area contributed by atoms with Crippen LogP contribution >= 0.6 is 31.9 Å². The molecule has 0 radical (unpaired) electrons. The van der Waals surface area contributed by atoms with Gasteiger partial charge in [0.15, 0.2) is 0 Å². The van der Waals surface area contributed by atoms with Crippen LogP contribution in [0.3, 0.4) is 0 Å². The van der Waals surface area contributed by atoms with Gasteiger partial charge in [-0.2, -0.15) is 0 Å². The number of halogens is 2. The van der Waals surface area contributed by atoms with Crippen molar-refractivity contribution in [1.82, 2.24) is 5.32 Å². The monoisotopic (exact) mass is 411 g/mol. The molecule has 0 aliphatic carbocycles. The van der Waals surface area contributed by atoms with Gasteiger partial charge in [-0.05, 0) is 46.6 Å². The minimum atomic E-state index is -0.829. The molecule has 1 atom stereocenters. The molecule has 5 heteroatoms. The number of nitrogens with one attached hydrogen (secondary N) is 1. The maximum absolute atomic E-state index is 12.5. The molecule has 2 rings (SSSR count). The van der Waals surface area contributed by atoms with Crippen molar-refractivity contribution < 1.29 is 9.90 Å². The zero-order chi connectivity index (χ0) is 15.5. The van der Waals surface area contributed by atoms with Crippen molar-refractivity contribution in [3.63, 3.8) is 0 Å². The van der Waals surface area contributed by atoms with Gasteiger partial charge in [0, 0.05) is 8.95 Å². The standard InChI is InChI=1S/C16H15Br2NO2/c1-16(10-20,11-5-3-2-4-6-11)19-15(21)13-8-7-12(17)9-14(13)18/h2-9,20H,10H2,1H3,(H,19,21). The molecule has 1 unspecified atom stereocenters. The molecule has 0 heterocycles. The summed E-state index contributed by atoms with van der Waals surface area (Å²) in [6, 6.07) is 14.8. The maximum atomic E-state index is 12.5. The minimum Gasteiger partial charge on any atom is -0.394 e. The van der Waals surface area contributed by atoms with Crippen LogP contribution in [0.25, 0.3) is 0 Å². The van der Waals surface area contributed by atoms with Crippen LogP contribution in [-0.4, -0.2) is 17.6 Å². The van der Waals surface area contributed by atoms with E-state index in [1.54, 1.807) is 19.1 Å². The quantitative estimate of drug-likeness (QED) is 0.801. The lowest BCUT2D eigenvalue weighted by Gasteiger charge is -2.29. The first-order chi connectivity index (χ1) is 9.96. The minimum absolute atomic E-state index is 0.184. The molecule has 0 spiro atoms. The Morgan fingerprint density at radius 1 is 1.19 bits per heavy atom. The predicted octanol–water partition coefficient (Wildman–Crippen LogP) is 3.85. The summed E-state index contributed by atoms with van der Waals surface area (Å²) in [4.78, 5) is 12.5. The van der Waals surface area contributed by atoms with Crippen molar-refractivity contribution in [2.75, 3.05) is 6.61 Å². The Kier molecular flexibility index (Phi) is 5.19. The molecule has 2 N–H and O–H groups in total. The lowest BCUT2D eigenvalue weighted by molar-refractivity contribution is 0.0849. The third kappa shape index (κ3) is 3.73. The summed E-state index contributed by atoms with van der Waals surface area (Å²) in [7, 11) is 0. The zero-order valence-electron chi connectivity index (χ0n) is 11.4. The lowest BCUT2D eigenvalue weighted by atomic mass is 9.92. The van der Waals surface area contributed by atoms with Gasteiger partial charge in [-0.1, -0.05) is 46.3 Å². The summed E-state index contributed by atoms with van der Waals surface area (Å²) in [6.07, 6.45) is 0. The van der Waals surface area contributed by atoms with E-state index in [9.17, 15) is 9.90 Å². The van der Waals surface area contributed by atoms with Crippen LogP contribution in [0, 0.1) is 0 Å². The number of benzene rings is 2. The Hall–Kier alpha value is -1.17. The summed E-state index contributed by atoms with van der Waals surface area (Å²) in [5.74, 6) is -0.241. The first kappa shape index (κ1) is 16.2. The van der Waals surface area contributed by atoms with Crippen LogP contribution in [-0.2, 0) is 5.54 Å². The second-order valence-corrected chi connectivity index (χ2v) is 6.70. The van der Waals surface area contributed by atoms with Crippen molar-refractivity contribution in [3.8, 4) is 0 Å². The van der Waals surface area contributed by atoms with Gasteiger partial charge in [-0.15, -0.1) is 0 Å². The zero-order valence-corrected chi connectivity index (χ0v) is 14.6. The SMILES string of the molecule is CC(CO)(NC(=O)c1ccc(Br)cc1Br)c1ccccc1. The lowest BCUT2D eigenvalue weighted by Crippen LogP contribution is -2.46. The van der Waals surface area contributed by atoms with Gasteiger partial charge in [-0.3, -0.25) is 4.79 Å². The summed E-state index contributed by atoms with van der Waals surface area (Å²) >= 11 is 6.74. The molecule has 0 aliphatic heterocycles. The number of carbonyl (C=O) groups excluding carboxylic acids is 1. The Labute approximate surface area is 140 Å². The Morgan fingerprint density at radius 2 is 1.86 bits per heavy atom. The molecule has 0 bridgehead atoms. The van der Waals surface area contributed by atoms with Crippen LogP contribution in [0.2, 0.25) is 0 Å². The molecular formula is C16H15Br2NO2. The fraction of sp³-hybridized carbons (Fsp3) is 0.188. The van der Waals surface area contributed by atoms with E-state index in [4.69, 9.17) is 0 Å². The summed E-state index contributed by atoms with van der Waals surface area (Å²) in [5, 5.41) is 12.6. The molecule has 0 saturated carbocycles. The van der Waals surface area contributed by atoms with Gasteiger partial charge >= 0.3 is 0 Å². The first-order valence-electron chi connectivity index (χ1n) is 6.40. The van der Waals surface area contributed by atoms with Crippen molar-refractivity contribution in [2.24, 2.45) is 0 Å². The van der Waals surface area contributed by atoms with Crippen LogP contribution in [0.1, 0.15) is 22.8 Å². The van der Waals surface area contributed by atoms with Gasteiger partial charge in [-0.25, -0.2) is 0 Å². The normalized spacial score (nSPS) is 13.5. The first-order valence-corrected chi connectivity index (χ1v) is 7.99. The van der Waals surface area contributed by atoms with E-state index in [-0.39, 0.29) is 12.5 Å². The summed E-state index contributed by atoms with van der Waals surface area (Å²) in [5.41, 5.74) is 0.549. The third-order valence-electron chi connectivity index (χ3n) is 3.29. The van der Waals surface area contributed by atoms with Crippen LogP contribution in [0.5, 0.6) is 0 Å². The highest BCUT2D eigenvalue weighted by atomic mass is 79.9. The van der Waals surface area contributed by atoms with Crippen LogP contribution in [0.4, 0.5) is 0 Å². The Morgan fingerprint density at radius 3 is 2.43 bits per heavy atom. The van der Waals surface area contributed by atoms with E-state index < -0.39 is 5.54 Å². The molecule has 110 valence electrons. The molecule has 2 aromatic rings. The second-order valence-electron chi connectivity index (χ2n) is 4.93. The van der Waals surface area contributed by atoms with E-state index in [1.807, 2.05) is 36.4 Å². The topological polar surface area (TPSA) is 49.3 Å². The van der Waals surface area contributed by atoms with Crippen LogP contribution < -0.4 is 5.32 Å². The van der Waals surface area contributed by atoms with E-state index >= 15 is 0 Å². The summed E-state index contributed by atoms with van der Waals surface area (Å²) < 4.78 is 1.58. The van der Waals surface area contributed by atoms with Gasteiger partial charge in [0.05, 0.1) is 17.7 Å². The Balaban J connectivity index is 2.28.